The van der Waals surface area contributed by atoms with Crippen LogP contribution in [0.5, 0.6) is 0 Å². The normalized spacial score (nSPS) is 10.6. The second-order valence-corrected chi connectivity index (χ2v) is 4.54. The summed E-state index contributed by atoms with van der Waals surface area (Å²) in [5.74, 6) is 1.26. The van der Waals surface area contributed by atoms with E-state index in [1.165, 1.54) is 0 Å². The van der Waals surface area contributed by atoms with Gasteiger partial charge in [-0.2, -0.15) is 5.10 Å². The Kier molecular flexibility index (Phi) is 5.42. The Hall–Kier alpha value is -2.25. The van der Waals surface area contributed by atoms with E-state index in [0.717, 1.165) is 11.4 Å². The summed E-state index contributed by atoms with van der Waals surface area (Å²) in [6.07, 6.45) is 0. The van der Waals surface area contributed by atoms with E-state index < -0.39 is 0 Å². The first kappa shape index (κ1) is 15.1. The third kappa shape index (κ3) is 4.66. The molecule has 112 valence electrons. The number of carbonyl (C=O) groups is 1. The van der Waals surface area contributed by atoms with Gasteiger partial charge in [0.25, 0.3) is 0 Å². The number of aryl methyl sites for hydroxylation is 1. The lowest BCUT2D eigenvalue weighted by molar-refractivity contribution is -0.115. The number of ether oxygens (including phenoxy) is 1. The summed E-state index contributed by atoms with van der Waals surface area (Å²) in [4.78, 5) is 16.0. The first-order chi connectivity index (χ1) is 10.2. The molecule has 1 heterocycles. The summed E-state index contributed by atoms with van der Waals surface area (Å²) in [6.45, 7) is 3.30. The van der Waals surface area contributed by atoms with Crippen molar-refractivity contribution in [3.8, 4) is 11.4 Å². The van der Waals surface area contributed by atoms with Crippen LogP contribution in [-0.2, 0) is 9.53 Å². The number of nitrogens with one attached hydrogen (secondary N) is 3. The highest BCUT2D eigenvalue weighted by atomic mass is 16.5. The molecule has 0 saturated heterocycles. The molecular weight excluding hydrogens is 270 g/mol. The number of H-pyrrole nitrogens is 1. The molecule has 0 aliphatic carbocycles. The van der Waals surface area contributed by atoms with E-state index in [0.29, 0.717) is 24.7 Å². The van der Waals surface area contributed by atoms with Gasteiger partial charge in [0.05, 0.1) is 13.2 Å². The topological polar surface area (TPSA) is 91.9 Å². The summed E-state index contributed by atoms with van der Waals surface area (Å²) in [5.41, 5.74) is 1.57. The zero-order chi connectivity index (χ0) is 15.1. The highest BCUT2D eigenvalue weighted by Crippen LogP contribution is 2.19. The predicted molar refractivity (Wildman–Crippen MR) is 79.9 cm³/mol. The van der Waals surface area contributed by atoms with Gasteiger partial charge in [0.2, 0.25) is 5.91 Å². The lowest BCUT2D eigenvalue weighted by atomic mass is 10.2. The van der Waals surface area contributed by atoms with E-state index in [9.17, 15) is 4.79 Å². The number of aromatic amines is 1. The van der Waals surface area contributed by atoms with Crippen molar-refractivity contribution in [3.05, 3.63) is 30.1 Å². The van der Waals surface area contributed by atoms with Gasteiger partial charge in [0.15, 0.2) is 5.82 Å². The third-order valence-electron chi connectivity index (χ3n) is 2.77. The number of benzene rings is 1. The van der Waals surface area contributed by atoms with Gasteiger partial charge in [-0.05, 0) is 19.1 Å². The second-order valence-electron chi connectivity index (χ2n) is 4.54. The zero-order valence-electron chi connectivity index (χ0n) is 12.1. The largest absolute Gasteiger partial charge is 0.383 e. The van der Waals surface area contributed by atoms with Crippen molar-refractivity contribution in [1.29, 1.82) is 0 Å². The van der Waals surface area contributed by atoms with Crippen LogP contribution in [0.15, 0.2) is 24.3 Å². The maximum Gasteiger partial charge on any atom is 0.238 e. The minimum absolute atomic E-state index is 0.102. The van der Waals surface area contributed by atoms with Crippen molar-refractivity contribution >= 4 is 11.6 Å². The maximum atomic E-state index is 11.8. The molecule has 0 saturated carbocycles. The third-order valence-corrected chi connectivity index (χ3v) is 2.77. The molecule has 0 aliphatic heterocycles. The van der Waals surface area contributed by atoms with Crippen LogP contribution in [0.2, 0.25) is 0 Å². The summed E-state index contributed by atoms with van der Waals surface area (Å²) in [5, 5.41) is 12.7. The maximum absolute atomic E-state index is 11.8. The molecule has 0 radical (unpaired) electrons. The van der Waals surface area contributed by atoms with Gasteiger partial charge in [0.1, 0.15) is 5.82 Å². The minimum atomic E-state index is -0.102. The molecule has 0 bridgehead atoms. The lowest BCUT2D eigenvalue weighted by Gasteiger charge is -2.07. The Balaban J connectivity index is 1.93. The highest BCUT2D eigenvalue weighted by Gasteiger charge is 2.06. The van der Waals surface area contributed by atoms with E-state index in [1.54, 1.807) is 7.11 Å². The van der Waals surface area contributed by atoms with Crippen LogP contribution < -0.4 is 10.6 Å². The molecule has 1 aromatic carbocycles. The highest BCUT2D eigenvalue weighted by molar-refractivity contribution is 5.92. The molecule has 0 atom stereocenters. The van der Waals surface area contributed by atoms with E-state index in [1.807, 2.05) is 31.2 Å². The van der Waals surface area contributed by atoms with Gasteiger partial charge in [-0.15, -0.1) is 0 Å². The summed E-state index contributed by atoms with van der Waals surface area (Å²) >= 11 is 0. The van der Waals surface area contributed by atoms with Gasteiger partial charge >= 0.3 is 0 Å². The second kappa shape index (κ2) is 7.51. The first-order valence-corrected chi connectivity index (χ1v) is 6.68. The summed E-state index contributed by atoms with van der Waals surface area (Å²) in [6, 6.07) is 7.43. The van der Waals surface area contributed by atoms with Gasteiger partial charge in [-0.25, -0.2) is 4.98 Å². The van der Waals surface area contributed by atoms with Crippen molar-refractivity contribution in [2.45, 2.75) is 6.92 Å². The van der Waals surface area contributed by atoms with Crippen LogP contribution in [0.4, 0.5) is 5.69 Å². The molecule has 0 fully saturated rings. The van der Waals surface area contributed by atoms with E-state index in [-0.39, 0.29) is 12.5 Å². The molecule has 1 aromatic heterocycles. The van der Waals surface area contributed by atoms with Crippen molar-refractivity contribution in [1.82, 2.24) is 20.5 Å². The van der Waals surface area contributed by atoms with Crippen molar-refractivity contribution in [3.63, 3.8) is 0 Å². The molecule has 0 unspecified atom stereocenters. The average Bonchev–Trinajstić information content (AvgIpc) is 2.91. The quantitative estimate of drug-likeness (QED) is 0.660. The molecule has 7 nitrogen and oxygen atoms in total. The fourth-order valence-electron chi connectivity index (χ4n) is 1.79. The van der Waals surface area contributed by atoms with Crippen molar-refractivity contribution in [2.75, 3.05) is 32.1 Å². The standard InChI is InChI=1S/C14H19N5O2/c1-10-16-14(19-18-10)11-4-3-5-12(8-11)17-13(20)9-15-6-7-21-2/h3-5,8,15H,6-7,9H2,1-2H3,(H,17,20)(H,16,18,19). The number of aromatic nitrogens is 3. The Bertz CT molecular complexity index is 597. The smallest absolute Gasteiger partial charge is 0.238 e. The molecule has 3 N–H and O–H groups in total. The van der Waals surface area contributed by atoms with Crippen LogP contribution in [0.25, 0.3) is 11.4 Å². The van der Waals surface area contributed by atoms with Crippen LogP contribution in [0.3, 0.4) is 0 Å². The lowest BCUT2D eigenvalue weighted by Crippen LogP contribution is -2.30. The average molecular weight is 289 g/mol. The molecule has 7 heteroatoms. The van der Waals surface area contributed by atoms with Crippen LogP contribution in [-0.4, -0.2) is 47.9 Å². The van der Waals surface area contributed by atoms with Gasteiger partial charge < -0.3 is 15.4 Å². The molecule has 21 heavy (non-hydrogen) atoms. The minimum Gasteiger partial charge on any atom is -0.383 e. The molecule has 1 amide bonds. The Morgan fingerprint density at radius 3 is 3.00 bits per heavy atom. The molecule has 0 spiro atoms. The first-order valence-electron chi connectivity index (χ1n) is 6.68. The number of anilines is 1. The number of rotatable bonds is 7. The fraction of sp³-hybridized carbons (Fsp3) is 0.357. The molecular formula is C14H19N5O2. The van der Waals surface area contributed by atoms with Gasteiger partial charge in [-0.3, -0.25) is 9.89 Å². The van der Waals surface area contributed by atoms with E-state index in [2.05, 4.69) is 25.8 Å². The Labute approximate surface area is 123 Å². The zero-order valence-corrected chi connectivity index (χ0v) is 12.1. The number of hydrogen-bond acceptors (Lipinski definition) is 5. The number of hydrogen-bond donors (Lipinski definition) is 3. The summed E-state index contributed by atoms with van der Waals surface area (Å²) in [7, 11) is 1.62. The predicted octanol–water partition coefficient (Wildman–Crippen LogP) is 0.955. The van der Waals surface area contributed by atoms with Gasteiger partial charge in [0, 0.05) is 24.9 Å². The molecule has 0 aliphatic rings. The van der Waals surface area contributed by atoms with Gasteiger partial charge in [-0.1, -0.05) is 12.1 Å². The molecule has 2 aromatic rings. The van der Waals surface area contributed by atoms with E-state index in [4.69, 9.17) is 4.74 Å². The number of amides is 1. The van der Waals surface area contributed by atoms with E-state index >= 15 is 0 Å². The fourth-order valence-corrected chi connectivity index (χ4v) is 1.79. The Morgan fingerprint density at radius 2 is 2.29 bits per heavy atom. The molecule has 2 rings (SSSR count). The van der Waals surface area contributed by atoms with Crippen molar-refractivity contribution in [2.24, 2.45) is 0 Å². The van der Waals surface area contributed by atoms with Crippen LogP contribution >= 0.6 is 0 Å². The SMILES string of the molecule is COCCNCC(=O)Nc1cccc(-c2n[nH]c(C)n2)c1. The summed E-state index contributed by atoms with van der Waals surface area (Å²) < 4.78 is 4.90. The van der Waals surface area contributed by atoms with Crippen LogP contribution in [0, 0.1) is 6.92 Å². The number of nitrogens with zero attached hydrogens (tertiary/aromatic N) is 2. The Morgan fingerprint density at radius 1 is 1.43 bits per heavy atom. The number of carbonyl (C=O) groups excluding carboxylic acids is 1. The van der Waals surface area contributed by atoms with Crippen molar-refractivity contribution < 1.29 is 9.53 Å². The van der Waals surface area contributed by atoms with Crippen LogP contribution in [0.1, 0.15) is 5.82 Å². The monoisotopic (exact) mass is 289 g/mol. The number of methoxy groups -OCH3 is 1.